The maximum absolute atomic E-state index is 13.1. The van der Waals surface area contributed by atoms with Crippen molar-refractivity contribution in [3.8, 4) is 0 Å². The summed E-state index contributed by atoms with van der Waals surface area (Å²) < 4.78 is 13.1. The van der Waals surface area contributed by atoms with Crippen LogP contribution in [0, 0.1) is 17.7 Å². The summed E-state index contributed by atoms with van der Waals surface area (Å²) in [6.45, 7) is 6.58. The molecular formula is C24H29FN2O. The van der Waals surface area contributed by atoms with Crippen molar-refractivity contribution in [2.75, 3.05) is 26.2 Å². The molecular weight excluding hydrogens is 351 g/mol. The molecule has 1 amide bonds. The van der Waals surface area contributed by atoms with E-state index in [4.69, 9.17) is 0 Å². The van der Waals surface area contributed by atoms with Crippen LogP contribution in [0.25, 0.3) is 0 Å². The average molecular weight is 381 g/mol. The van der Waals surface area contributed by atoms with E-state index in [0.717, 1.165) is 45.6 Å². The van der Waals surface area contributed by atoms with E-state index in [9.17, 15) is 9.18 Å². The molecule has 2 aromatic rings. The SMILES string of the molecule is CC1CN(Cc2ccccc2)CC1C(=O)N1CCC(c2ccc(F)cc2)CC1. The molecule has 0 spiro atoms. The molecule has 4 rings (SSSR count). The van der Waals surface area contributed by atoms with Gasteiger partial charge in [0, 0.05) is 32.7 Å². The van der Waals surface area contributed by atoms with Gasteiger partial charge in [0.2, 0.25) is 5.91 Å². The summed E-state index contributed by atoms with van der Waals surface area (Å²) in [5.41, 5.74) is 2.50. The van der Waals surface area contributed by atoms with Gasteiger partial charge in [-0.2, -0.15) is 0 Å². The van der Waals surface area contributed by atoms with Crippen LogP contribution >= 0.6 is 0 Å². The molecule has 2 aromatic carbocycles. The first-order valence-electron chi connectivity index (χ1n) is 10.4. The Kier molecular flexibility index (Phi) is 5.77. The molecule has 2 fully saturated rings. The van der Waals surface area contributed by atoms with Crippen molar-refractivity contribution in [3.05, 3.63) is 71.5 Å². The van der Waals surface area contributed by atoms with Crippen LogP contribution in [-0.4, -0.2) is 41.9 Å². The predicted molar refractivity (Wildman–Crippen MR) is 109 cm³/mol. The van der Waals surface area contributed by atoms with E-state index < -0.39 is 0 Å². The molecule has 28 heavy (non-hydrogen) atoms. The van der Waals surface area contributed by atoms with E-state index >= 15 is 0 Å². The van der Waals surface area contributed by atoms with Crippen LogP contribution in [-0.2, 0) is 11.3 Å². The van der Waals surface area contributed by atoms with Gasteiger partial charge in [0.25, 0.3) is 0 Å². The van der Waals surface area contributed by atoms with Crippen LogP contribution in [0.1, 0.15) is 36.8 Å². The van der Waals surface area contributed by atoms with Crippen LogP contribution in [0.3, 0.4) is 0 Å². The third kappa shape index (κ3) is 4.27. The Hall–Kier alpha value is -2.20. The van der Waals surface area contributed by atoms with Crippen LogP contribution in [0.5, 0.6) is 0 Å². The highest BCUT2D eigenvalue weighted by molar-refractivity contribution is 5.80. The number of hydrogen-bond donors (Lipinski definition) is 0. The quantitative estimate of drug-likeness (QED) is 0.790. The second-order valence-electron chi connectivity index (χ2n) is 8.41. The highest BCUT2D eigenvalue weighted by Gasteiger charge is 2.37. The first-order chi connectivity index (χ1) is 13.6. The third-order valence-corrected chi connectivity index (χ3v) is 6.40. The van der Waals surface area contributed by atoms with Crippen LogP contribution in [0.2, 0.25) is 0 Å². The maximum atomic E-state index is 13.1. The van der Waals surface area contributed by atoms with Gasteiger partial charge in [-0.15, -0.1) is 0 Å². The number of hydrogen-bond acceptors (Lipinski definition) is 2. The monoisotopic (exact) mass is 380 g/mol. The van der Waals surface area contributed by atoms with Crippen molar-refractivity contribution < 1.29 is 9.18 Å². The molecule has 2 aliphatic rings. The Balaban J connectivity index is 1.31. The molecule has 148 valence electrons. The van der Waals surface area contributed by atoms with Crippen molar-refractivity contribution in [3.63, 3.8) is 0 Å². The summed E-state index contributed by atoms with van der Waals surface area (Å²) in [5, 5.41) is 0. The normalized spacial score (nSPS) is 23.9. The molecule has 3 nitrogen and oxygen atoms in total. The first-order valence-corrected chi connectivity index (χ1v) is 10.4. The molecule has 2 atom stereocenters. The Morgan fingerprint density at radius 3 is 2.36 bits per heavy atom. The van der Waals surface area contributed by atoms with E-state index in [1.54, 1.807) is 0 Å². The van der Waals surface area contributed by atoms with Gasteiger partial charge in [-0.1, -0.05) is 49.4 Å². The van der Waals surface area contributed by atoms with E-state index in [2.05, 4.69) is 41.0 Å². The number of likely N-dealkylation sites (tertiary alicyclic amines) is 2. The topological polar surface area (TPSA) is 23.6 Å². The fraction of sp³-hybridized carbons (Fsp3) is 0.458. The van der Waals surface area contributed by atoms with E-state index in [1.165, 1.54) is 23.3 Å². The minimum atomic E-state index is -0.188. The number of carbonyl (C=O) groups is 1. The lowest BCUT2D eigenvalue weighted by atomic mass is 9.88. The van der Waals surface area contributed by atoms with Crippen molar-refractivity contribution in [1.29, 1.82) is 0 Å². The second-order valence-corrected chi connectivity index (χ2v) is 8.41. The second kappa shape index (κ2) is 8.44. The molecule has 0 saturated carbocycles. The van der Waals surface area contributed by atoms with E-state index in [1.807, 2.05) is 18.2 Å². The standard InChI is InChI=1S/C24H29FN2O/c1-18-15-26(16-19-5-3-2-4-6-19)17-23(18)24(28)27-13-11-21(12-14-27)20-7-9-22(25)10-8-20/h2-10,18,21,23H,11-17H2,1H3. The smallest absolute Gasteiger partial charge is 0.227 e. The number of halogens is 1. The highest BCUT2D eigenvalue weighted by atomic mass is 19.1. The Morgan fingerprint density at radius 2 is 1.68 bits per heavy atom. The summed E-state index contributed by atoms with van der Waals surface area (Å²) in [6.07, 6.45) is 1.93. The molecule has 2 heterocycles. The summed E-state index contributed by atoms with van der Waals surface area (Å²) >= 11 is 0. The van der Waals surface area contributed by atoms with Gasteiger partial charge in [0.1, 0.15) is 5.82 Å². The predicted octanol–water partition coefficient (Wildman–Crippen LogP) is 4.30. The maximum Gasteiger partial charge on any atom is 0.227 e. The number of piperidine rings is 1. The zero-order chi connectivity index (χ0) is 19.5. The summed E-state index contributed by atoms with van der Waals surface area (Å²) in [6, 6.07) is 17.3. The van der Waals surface area contributed by atoms with Crippen molar-refractivity contribution >= 4 is 5.91 Å². The minimum Gasteiger partial charge on any atom is -0.342 e. The van der Waals surface area contributed by atoms with Gasteiger partial charge in [0.05, 0.1) is 5.92 Å². The lowest BCUT2D eigenvalue weighted by Crippen LogP contribution is -2.43. The number of rotatable bonds is 4. The molecule has 0 bridgehead atoms. The minimum absolute atomic E-state index is 0.103. The fourth-order valence-corrected chi connectivity index (χ4v) is 4.76. The molecule has 2 unspecified atom stereocenters. The highest BCUT2D eigenvalue weighted by Crippen LogP contribution is 2.31. The van der Waals surface area contributed by atoms with Gasteiger partial charge in [-0.25, -0.2) is 4.39 Å². The first kappa shape index (κ1) is 19.1. The molecule has 4 heteroatoms. The van der Waals surface area contributed by atoms with Crippen molar-refractivity contribution in [2.24, 2.45) is 11.8 Å². The van der Waals surface area contributed by atoms with Crippen molar-refractivity contribution in [2.45, 2.75) is 32.2 Å². The lowest BCUT2D eigenvalue weighted by molar-refractivity contribution is -0.137. The number of carbonyl (C=O) groups excluding carboxylic acids is 1. The average Bonchev–Trinajstić information content (AvgIpc) is 3.09. The van der Waals surface area contributed by atoms with E-state index in [-0.39, 0.29) is 11.7 Å². The zero-order valence-corrected chi connectivity index (χ0v) is 16.6. The van der Waals surface area contributed by atoms with Crippen molar-refractivity contribution in [1.82, 2.24) is 9.80 Å². The zero-order valence-electron chi connectivity index (χ0n) is 16.6. The molecule has 0 radical (unpaired) electrons. The molecule has 0 N–H and O–H groups in total. The number of amides is 1. The van der Waals surface area contributed by atoms with Crippen LogP contribution in [0.15, 0.2) is 54.6 Å². The molecule has 0 aromatic heterocycles. The molecule has 0 aliphatic carbocycles. The number of nitrogens with zero attached hydrogens (tertiary/aromatic N) is 2. The van der Waals surface area contributed by atoms with Gasteiger partial charge in [-0.05, 0) is 47.9 Å². The summed E-state index contributed by atoms with van der Waals surface area (Å²) in [5.74, 6) is 1.06. The summed E-state index contributed by atoms with van der Waals surface area (Å²) in [4.78, 5) is 17.6. The summed E-state index contributed by atoms with van der Waals surface area (Å²) in [7, 11) is 0. The lowest BCUT2D eigenvalue weighted by Gasteiger charge is -2.34. The molecule has 2 aliphatic heterocycles. The van der Waals surface area contributed by atoms with Crippen LogP contribution < -0.4 is 0 Å². The Morgan fingerprint density at radius 1 is 1.00 bits per heavy atom. The van der Waals surface area contributed by atoms with Crippen LogP contribution in [0.4, 0.5) is 4.39 Å². The third-order valence-electron chi connectivity index (χ3n) is 6.40. The van der Waals surface area contributed by atoms with Gasteiger partial charge in [0.15, 0.2) is 0 Å². The van der Waals surface area contributed by atoms with Gasteiger partial charge >= 0.3 is 0 Å². The largest absolute Gasteiger partial charge is 0.342 e. The number of benzene rings is 2. The Bertz CT molecular complexity index is 784. The fourth-order valence-electron chi connectivity index (χ4n) is 4.76. The Labute approximate surface area is 167 Å². The van der Waals surface area contributed by atoms with E-state index in [0.29, 0.717) is 17.7 Å². The molecule has 2 saturated heterocycles. The van der Waals surface area contributed by atoms with Gasteiger partial charge < -0.3 is 4.90 Å². The van der Waals surface area contributed by atoms with Gasteiger partial charge in [-0.3, -0.25) is 9.69 Å².